The van der Waals surface area contributed by atoms with Crippen LogP contribution in [0.1, 0.15) is 25.3 Å². The van der Waals surface area contributed by atoms with Gasteiger partial charge < -0.3 is 5.32 Å². The lowest BCUT2D eigenvalue weighted by Gasteiger charge is -2.21. The third-order valence-electron chi connectivity index (χ3n) is 3.15. The first kappa shape index (κ1) is 13.8. The van der Waals surface area contributed by atoms with Gasteiger partial charge in [-0.15, -0.1) is 6.42 Å². The van der Waals surface area contributed by atoms with Crippen LogP contribution in [0, 0.1) is 12.3 Å². The molecule has 5 nitrogen and oxygen atoms in total. The van der Waals surface area contributed by atoms with Crippen molar-refractivity contribution < 1.29 is 14.4 Å². The summed E-state index contributed by atoms with van der Waals surface area (Å²) in [5, 5.41) is 2.65. The largest absolute Gasteiger partial charge is 0.324 e. The van der Waals surface area contributed by atoms with Gasteiger partial charge in [0.05, 0.1) is 0 Å². The summed E-state index contributed by atoms with van der Waals surface area (Å²) >= 11 is 0. The molecule has 0 saturated carbocycles. The molecule has 1 atom stereocenters. The molecular weight excluding hydrogens is 256 g/mol. The van der Waals surface area contributed by atoms with Crippen molar-refractivity contribution >= 4 is 23.4 Å². The maximum absolute atomic E-state index is 12.1. The molecule has 0 aliphatic carbocycles. The topological polar surface area (TPSA) is 66.5 Å². The molecule has 2 rings (SSSR count). The molecule has 1 aromatic carbocycles. The van der Waals surface area contributed by atoms with Crippen LogP contribution >= 0.6 is 0 Å². The van der Waals surface area contributed by atoms with Gasteiger partial charge in [0.2, 0.25) is 17.7 Å². The monoisotopic (exact) mass is 270 g/mol. The summed E-state index contributed by atoms with van der Waals surface area (Å²) < 4.78 is 0. The Kier molecular flexibility index (Phi) is 3.85. The minimum Gasteiger partial charge on any atom is -0.324 e. The molecule has 1 N–H and O–H groups in total. The molecule has 0 radical (unpaired) electrons. The van der Waals surface area contributed by atoms with Gasteiger partial charge in [-0.3, -0.25) is 19.3 Å². The minimum absolute atomic E-state index is 0.170. The number of terminal acetylenes is 1. The number of rotatable bonds is 3. The number of likely N-dealkylation sites (tertiary alicyclic amines) is 1. The van der Waals surface area contributed by atoms with E-state index in [9.17, 15) is 14.4 Å². The Balaban J connectivity index is 2.10. The second-order valence-electron chi connectivity index (χ2n) is 4.55. The minimum atomic E-state index is -0.827. The number of nitrogens with zero attached hydrogens (tertiary/aromatic N) is 1. The van der Waals surface area contributed by atoms with Crippen LogP contribution in [0.5, 0.6) is 0 Å². The number of benzene rings is 1. The van der Waals surface area contributed by atoms with Gasteiger partial charge in [-0.1, -0.05) is 12.0 Å². The van der Waals surface area contributed by atoms with E-state index < -0.39 is 11.9 Å². The Morgan fingerprint density at radius 2 is 2.00 bits per heavy atom. The quantitative estimate of drug-likeness (QED) is 0.661. The van der Waals surface area contributed by atoms with E-state index in [4.69, 9.17) is 6.42 Å². The van der Waals surface area contributed by atoms with Crippen LogP contribution in [0.3, 0.4) is 0 Å². The van der Waals surface area contributed by atoms with Gasteiger partial charge in [0.15, 0.2) is 0 Å². The Morgan fingerprint density at radius 3 is 2.60 bits per heavy atom. The van der Waals surface area contributed by atoms with Gasteiger partial charge in [-0.05, 0) is 25.1 Å². The lowest BCUT2D eigenvalue weighted by molar-refractivity contribution is -0.144. The fraction of sp³-hybridized carbons (Fsp3) is 0.267. The Bertz CT molecular complexity index is 600. The zero-order valence-electron chi connectivity index (χ0n) is 11.1. The summed E-state index contributed by atoms with van der Waals surface area (Å²) in [5.41, 5.74) is 1.18. The lowest BCUT2D eigenvalue weighted by Crippen LogP contribution is -2.44. The van der Waals surface area contributed by atoms with Crippen molar-refractivity contribution in [3.8, 4) is 12.3 Å². The predicted octanol–water partition coefficient (Wildman–Crippen LogP) is 1.14. The first-order valence-electron chi connectivity index (χ1n) is 6.25. The summed E-state index contributed by atoms with van der Waals surface area (Å²) in [6.07, 6.45) is 5.62. The van der Waals surface area contributed by atoms with Crippen molar-refractivity contribution in [3.63, 3.8) is 0 Å². The standard InChI is InChI=1S/C15H14N2O3/c1-3-11-5-4-6-12(9-11)16-15(20)10(2)17-13(18)7-8-14(17)19/h1,4-6,9-10H,7-8H2,2H3,(H,16,20)/t10-/m1/s1. The van der Waals surface area contributed by atoms with Crippen LogP contribution in [0.4, 0.5) is 5.69 Å². The average molecular weight is 270 g/mol. The third kappa shape index (κ3) is 2.69. The molecule has 0 spiro atoms. The molecule has 102 valence electrons. The van der Waals surface area contributed by atoms with Gasteiger partial charge in [0.25, 0.3) is 0 Å². The van der Waals surface area contributed by atoms with Gasteiger partial charge in [-0.2, -0.15) is 0 Å². The van der Waals surface area contributed by atoms with Crippen molar-refractivity contribution in [2.24, 2.45) is 0 Å². The van der Waals surface area contributed by atoms with Crippen molar-refractivity contribution in [2.75, 3.05) is 5.32 Å². The van der Waals surface area contributed by atoms with Gasteiger partial charge in [0, 0.05) is 24.1 Å². The number of imide groups is 1. The SMILES string of the molecule is C#Cc1cccc(NC(=O)[C@@H](C)N2C(=O)CCC2=O)c1. The molecule has 1 heterocycles. The molecule has 0 unspecified atom stereocenters. The molecule has 5 heteroatoms. The number of carbonyl (C=O) groups excluding carboxylic acids is 3. The molecule has 0 bridgehead atoms. The second-order valence-corrected chi connectivity index (χ2v) is 4.55. The van der Waals surface area contributed by atoms with Gasteiger partial charge in [0.1, 0.15) is 6.04 Å². The van der Waals surface area contributed by atoms with Crippen LogP contribution in [0.25, 0.3) is 0 Å². The number of carbonyl (C=O) groups is 3. The normalized spacial score (nSPS) is 15.9. The van der Waals surface area contributed by atoms with Crippen LogP contribution in [-0.4, -0.2) is 28.7 Å². The summed E-state index contributed by atoms with van der Waals surface area (Å²) in [6.45, 7) is 1.53. The van der Waals surface area contributed by atoms with E-state index in [2.05, 4.69) is 11.2 Å². The van der Waals surface area contributed by atoms with Crippen LogP contribution in [0.15, 0.2) is 24.3 Å². The van der Waals surface area contributed by atoms with Crippen LogP contribution in [-0.2, 0) is 14.4 Å². The number of hydrogen-bond acceptors (Lipinski definition) is 3. The zero-order chi connectivity index (χ0) is 14.7. The third-order valence-corrected chi connectivity index (χ3v) is 3.15. The highest BCUT2D eigenvalue weighted by atomic mass is 16.2. The van der Waals surface area contributed by atoms with Crippen molar-refractivity contribution in [1.29, 1.82) is 0 Å². The highest BCUT2D eigenvalue weighted by Gasteiger charge is 2.36. The highest BCUT2D eigenvalue weighted by molar-refractivity contribution is 6.07. The summed E-state index contributed by atoms with van der Waals surface area (Å²) in [5.74, 6) is 1.43. The summed E-state index contributed by atoms with van der Waals surface area (Å²) in [4.78, 5) is 36.3. The highest BCUT2D eigenvalue weighted by Crippen LogP contribution is 2.17. The van der Waals surface area contributed by atoms with Gasteiger partial charge >= 0.3 is 0 Å². The van der Waals surface area contributed by atoms with Crippen molar-refractivity contribution in [3.05, 3.63) is 29.8 Å². The van der Waals surface area contributed by atoms with E-state index in [0.29, 0.717) is 11.3 Å². The van der Waals surface area contributed by atoms with E-state index in [-0.39, 0.29) is 24.7 Å². The number of nitrogens with one attached hydrogen (secondary N) is 1. The maximum atomic E-state index is 12.1. The van der Waals surface area contributed by atoms with E-state index in [0.717, 1.165) is 4.90 Å². The van der Waals surface area contributed by atoms with Gasteiger partial charge in [-0.25, -0.2) is 0 Å². The van der Waals surface area contributed by atoms with E-state index in [1.54, 1.807) is 24.3 Å². The molecule has 0 aromatic heterocycles. The molecular formula is C15H14N2O3. The fourth-order valence-electron chi connectivity index (χ4n) is 2.08. The summed E-state index contributed by atoms with van der Waals surface area (Å²) in [7, 11) is 0. The van der Waals surface area contributed by atoms with Crippen LogP contribution < -0.4 is 5.32 Å². The zero-order valence-corrected chi connectivity index (χ0v) is 11.1. The number of anilines is 1. The van der Waals surface area contributed by atoms with Crippen molar-refractivity contribution in [1.82, 2.24) is 4.90 Å². The van der Waals surface area contributed by atoms with E-state index >= 15 is 0 Å². The maximum Gasteiger partial charge on any atom is 0.247 e. The van der Waals surface area contributed by atoms with Crippen LogP contribution in [0.2, 0.25) is 0 Å². The molecule has 1 aliphatic heterocycles. The average Bonchev–Trinajstić information content (AvgIpc) is 2.77. The Hall–Kier alpha value is -2.61. The fourth-order valence-corrected chi connectivity index (χ4v) is 2.08. The molecule has 1 saturated heterocycles. The van der Waals surface area contributed by atoms with E-state index in [1.807, 2.05) is 0 Å². The number of amides is 3. The van der Waals surface area contributed by atoms with E-state index in [1.165, 1.54) is 6.92 Å². The lowest BCUT2D eigenvalue weighted by atomic mass is 10.2. The predicted molar refractivity (Wildman–Crippen MR) is 73.6 cm³/mol. The smallest absolute Gasteiger partial charge is 0.247 e. The first-order chi connectivity index (χ1) is 9.52. The molecule has 1 aliphatic rings. The Morgan fingerprint density at radius 1 is 1.35 bits per heavy atom. The molecule has 3 amide bonds. The first-order valence-corrected chi connectivity index (χ1v) is 6.25. The molecule has 20 heavy (non-hydrogen) atoms. The second kappa shape index (κ2) is 5.57. The molecule has 1 fully saturated rings. The Labute approximate surface area is 117 Å². The summed E-state index contributed by atoms with van der Waals surface area (Å²) in [6, 6.07) is 5.98. The molecule has 1 aromatic rings. The van der Waals surface area contributed by atoms with Crippen molar-refractivity contribution in [2.45, 2.75) is 25.8 Å². The number of hydrogen-bond donors (Lipinski definition) is 1.